The highest BCUT2D eigenvalue weighted by molar-refractivity contribution is 5.78. The van der Waals surface area contributed by atoms with Crippen LogP contribution in [0, 0.1) is 0 Å². The van der Waals surface area contributed by atoms with Crippen LogP contribution in [-0.4, -0.2) is 11.1 Å². The minimum atomic E-state index is -0.772. The Balaban J connectivity index is 1.67. The number of hydrogen-bond acceptors (Lipinski definition) is 2. The van der Waals surface area contributed by atoms with Gasteiger partial charge < -0.3 is 10.0 Å². The quantitative estimate of drug-likeness (QED) is 0.292. The maximum Gasteiger partial charge on any atom is 0.303 e. The molecule has 33 heavy (non-hydrogen) atoms. The number of aliphatic carboxylic acids is 1. The van der Waals surface area contributed by atoms with Gasteiger partial charge in [-0.15, -0.1) is 0 Å². The van der Waals surface area contributed by atoms with Gasteiger partial charge in [-0.05, 0) is 71.5 Å². The van der Waals surface area contributed by atoms with E-state index in [1.54, 1.807) is 0 Å². The third-order valence-corrected chi connectivity index (χ3v) is 5.79. The van der Waals surface area contributed by atoms with Gasteiger partial charge in [0.25, 0.3) is 0 Å². The average molecular weight is 436 g/mol. The van der Waals surface area contributed by atoms with Crippen molar-refractivity contribution in [3.63, 3.8) is 0 Å². The lowest BCUT2D eigenvalue weighted by Crippen LogP contribution is -2.10. The highest BCUT2D eigenvalue weighted by Crippen LogP contribution is 2.36. The maximum atomic E-state index is 10.9. The third-order valence-electron chi connectivity index (χ3n) is 5.79. The molecule has 0 unspecified atom stereocenters. The molecule has 0 fully saturated rings. The van der Waals surface area contributed by atoms with Crippen LogP contribution in [0.25, 0.3) is 11.1 Å². The molecule has 4 aromatic rings. The fourth-order valence-electron chi connectivity index (χ4n) is 4.04. The summed E-state index contributed by atoms with van der Waals surface area (Å²) >= 11 is 0. The summed E-state index contributed by atoms with van der Waals surface area (Å²) in [6.07, 6.45) is 2.88. The highest BCUT2D eigenvalue weighted by Gasteiger charge is 2.13. The van der Waals surface area contributed by atoms with E-state index in [4.69, 9.17) is 5.11 Å². The molecule has 1 N–H and O–H groups in total. The van der Waals surface area contributed by atoms with Crippen molar-refractivity contribution in [2.45, 2.75) is 32.6 Å². The normalized spacial score (nSPS) is 10.7. The Morgan fingerprint density at radius 1 is 0.636 bits per heavy atom. The average Bonchev–Trinajstić information content (AvgIpc) is 2.86. The first kappa shape index (κ1) is 22.3. The van der Waals surface area contributed by atoms with E-state index in [0.29, 0.717) is 6.42 Å². The molecular formula is C30H29NO2. The van der Waals surface area contributed by atoms with E-state index in [2.05, 4.69) is 96.8 Å². The molecule has 0 saturated carbocycles. The van der Waals surface area contributed by atoms with Crippen molar-refractivity contribution in [3.8, 4) is 11.1 Å². The molecule has 0 bridgehead atoms. The summed E-state index contributed by atoms with van der Waals surface area (Å²) in [5.41, 5.74) is 7.97. The topological polar surface area (TPSA) is 40.5 Å². The minimum absolute atomic E-state index is 0.142. The number of aryl methyl sites for hydroxylation is 2. The first-order valence-electron chi connectivity index (χ1n) is 11.5. The molecule has 0 atom stereocenters. The largest absolute Gasteiger partial charge is 0.481 e. The Labute approximate surface area is 196 Å². The zero-order valence-electron chi connectivity index (χ0n) is 18.9. The van der Waals surface area contributed by atoms with Crippen LogP contribution >= 0.6 is 0 Å². The molecule has 3 heteroatoms. The number of carboxylic acid groups (broad SMARTS) is 1. The van der Waals surface area contributed by atoms with Crippen LogP contribution in [0.5, 0.6) is 0 Å². The fraction of sp³-hybridized carbons (Fsp3) is 0.167. The molecule has 0 saturated heterocycles. The molecule has 0 amide bonds. The summed E-state index contributed by atoms with van der Waals surface area (Å²) in [5.74, 6) is -0.772. The number of carbonyl (C=O) groups is 1. The van der Waals surface area contributed by atoms with E-state index in [9.17, 15) is 4.79 Å². The van der Waals surface area contributed by atoms with Crippen LogP contribution in [0.4, 0.5) is 17.1 Å². The summed E-state index contributed by atoms with van der Waals surface area (Å²) in [6, 6.07) is 35.9. The predicted molar refractivity (Wildman–Crippen MR) is 137 cm³/mol. The van der Waals surface area contributed by atoms with E-state index in [-0.39, 0.29) is 6.42 Å². The number of benzene rings is 4. The molecule has 3 nitrogen and oxygen atoms in total. The van der Waals surface area contributed by atoms with Gasteiger partial charge in [0.05, 0.1) is 0 Å². The molecule has 0 radical (unpaired) electrons. The van der Waals surface area contributed by atoms with Crippen molar-refractivity contribution in [1.29, 1.82) is 0 Å². The van der Waals surface area contributed by atoms with Gasteiger partial charge in [0.2, 0.25) is 0 Å². The van der Waals surface area contributed by atoms with Gasteiger partial charge in [0.15, 0.2) is 0 Å². The van der Waals surface area contributed by atoms with Crippen LogP contribution in [0.2, 0.25) is 0 Å². The standard InChI is InChI=1S/C30H29NO2/c1-2-6-23-9-16-27(17-10-23)31(28-18-11-24(12-19-28)13-22-30(32)33)29-20-14-26(15-21-29)25-7-4-3-5-8-25/h3-5,7-12,14-21H,2,6,13,22H2,1H3,(H,32,33). The van der Waals surface area contributed by atoms with Crippen molar-refractivity contribution in [2.75, 3.05) is 4.90 Å². The smallest absolute Gasteiger partial charge is 0.303 e. The van der Waals surface area contributed by atoms with Gasteiger partial charge in [0.1, 0.15) is 0 Å². The lowest BCUT2D eigenvalue weighted by Gasteiger charge is -2.26. The van der Waals surface area contributed by atoms with Crippen LogP contribution in [0.15, 0.2) is 103 Å². The molecule has 4 aromatic carbocycles. The Kier molecular flexibility index (Phi) is 7.21. The van der Waals surface area contributed by atoms with E-state index in [1.165, 1.54) is 16.7 Å². The molecule has 0 heterocycles. The monoisotopic (exact) mass is 435 g/mol. The summed E-state index contributed by atoms with van der Waals surface area (Å²) < 4.78 is 0. The second kappa shape index (κ2) is 10.6. The Morgan fingerprint density at radius 3 is 1.58 bits per heavy atom. The maximum absolute atomic E-state index is 10.9. The van der Waals surface area contributed by atoms with Gasteiger partial charge in [-0.3, -0.25) is 4.79 Å². The van der Waals surface area contributed by atoms with E-state index in [0.717, 1.165) is 35.5 Å². The SMILES string of the molecule is CCCc1ccc(N(c2ccc(CCC(=O)O)cc2)c2ccc(-c3ccccc3)cc2)cc1. The van der Waals surface area contributed by atoms with Crippen molar-refractivity contribution in [1.82, 2.24) is 0 Å². The highest BCUT2D eigenvalue weighted by atomic mass is 16.4. The van der Waals surface area contributed by atoms with E-state index < -0.39 is 5.97 Å². The van der Waals surface area contributed by atoms with Gasteiger partial charge in [-0.1, -0.05) is 80.1 Å². The van der Waals surface area contributed by atoms with Crippen molar-refractivity contribution >= 4 is 23.0 Å². The van der Waals surface area contributed by atoms with Crippen molar-refractivity contribution in [2.24, 2.45) is 0 Å². The van der Waals surface area contributed by atoms with Crippen LogP contribution in [0.1, 0.15) is 30.9 Å². The summed E-state index contributed by atoms with van der Waals surface area (Å²) in [4.78, 5) is 13.2. The number of nitrogens with zero attached hydrogens (tertiary/aromatic N) is 1. The fourth-order valence-corrected chi connectivity index (χ4v) is 4.04. The molecule has 0 aliphatic carbocycles. The second-order valence-corrected chi connectivity index (χ2v) is 8.22. The lowest BCUT2D eigenvalue weighted by molar-refractivity contribution is -0.136. The number of anilines is 3. The predicted octanol–water partition coefficient (Wildman–Crippen LogP) is 7.79. The summed E-state index contributed by atoms with van der Waals surface area (Å²) in [5, 5.41) is 8.97. The molecule has 0 aliphatic rings. The first-order valence-corrected chi connectivity index (χ1v) is 11.5. The van der Waals surface area contributed by atoms with E-state index in [1.807, 2.05) is 18.2 Å². The van der Waals surface area contributed by atoms with Crippen LogP contribution < -0.4 is 4.90 Å². The summed E-state index contributed by atoms with van der Waals surface area (Å²) in [6.45, 7) is 2.19. The van der Waals surface area contributed by atoms with Gasteiger partial charge in [0, 0.05) is 23.5 Å². The molecule has 4 rings (SSSR count). The van der Waals surface area contributed by atoms with E-state index >= 15 is 0 Å². The number of carboxylic acids is 1. The molecule has 0 spiro atoms. The Morgan fingerprint density at radius 2 is 1.09 bits per heavy atom. The Hall–Kier alpha value is -3.85. The van der Waals surface area contributed by atoms with Gasteiger partial charge >= 0.3 is 5.97 Å². The summed E-state index contributed by atoms with van der Waals surface area (Å²) in [7, 11) is 0. The first-order chi connectivity index (χ1) is 16.1. The van der Waals surface area contributed by atoms with Crippen LogP contribution in [-0.2, 0) is 17.6 Å². The molecular weight excluding hydrogens is 406 g/mol. The number of rotatable bonds is 9. The van der Waals surface area contributed by atoms with Crippen molar-refractivity contribution < 1.29 is 9.90 Å². The lowest BCUT2D eigenvalue weighted by atomic mass is 10.0. The molecule has 0 aromatic heterocycles. The second-order valence-electron chi connectivity index (χ2n) is 8.22. The molecule has 166 valence electrons. The van der Waals surface area contributed by atoms with Crippen LogP contribution in [0.3, 0.4) is 0 Å². The van der Waals surface area contributed by atoms with Crippen molar-refractivity contribution in [3.05, 3.63) is 114 Å². The Bertz CT molecular complexity index is 1160. The molecule has 0 aliphatic heterocycles. The zero-order valence-corrected chi connectivity index (χ0v) is 18.9. The zero-order chi connectivity index (χ0) is 23.0. The third kappa shape index (κ3) is 5.69. The van der Waals surface area contributed by atoms with Gasteiger partial charge in [-0.2, -0.15) is 0 Å². The minimum Gasteiger partial charge on any atom is -0.481 e. The number of hydrogen-bond donors (Lipinski definition) is 1. The van der Waals surface area contributed by atoms with Gasteiger partial charge in [-0.25, -0.2) is 0 Å².